The van der Waals surface area contributed by atoms with Crippen LogP contribution in [-0.2, 0) is 17.6 Å². The van der Waals surface area contributed by atoms with Crippen molar-refractivity contribution in [3.63, 3.8) is 0 Å². The van der Waals surface area contributed by atoms with Crippen LogP contribution in [-0.4, -0.2) is 12.9 Å². The first-order valence-corrected chi connectivity index (χ1v) is 7.13. The van der Waals surface area contributed by atoms with Gasteiger partial charge in [0.15, 0.2) is 5.78 Å². The number of fused-ring (bicyclic) bond motifs is 1. The lowest BCUT2D eigenvalue weighted by molar-refractivity contribution is -0.115. The van der Waals surface area contributed by atoms with Crippen LogP contribution >= 0.6 is 0 Å². The normalized spacial score (nSPS) is 26.1. The Bertz CT molecular complexity index is 516. The lowest BCUT2D eigenvalue weighted by atomic mass is 9.74. The predicted molar refractivity (Wildman–Crippen MR) is 75.4 cm³/mol. The summed E-state index contributed by atoms with van der Waals surface area (Å²) >= 11 is 0. The van der Waals surface area contributed by atoms with E-state index in [2.05, 4.69) is 24.3 Å². The quantitative estimate of drug-likeness (QED) is 0.811. The molecule has 0 bridgehead atoms. The zero-order valence-electron chi connectivity index (χ0n) is 11.4. The summed E-state index contributed by atoms with van der Waals surface area (Å²) in [4.78, 5) is 11.3. The Morgan fingerprint density at radius 1 is 1.21 bits per heavy atom. The summed E-state index contributed by atoms with van der Waals surface area (Å²) in [5, 5.41) is 0. The molecule has 0 N–H and O–H groups in total. The Hall–Kier alpha value is -1.57. The molecule has 19 heavy (non-hydrogen) atoms. The standard InChI is InChI=1S/C17H20O2/c1-19-17-4-2-3-14-11-13(7-10-16(14)17)12-5-8-15(18)9-6-12/h2-5,8,12-13H,6-7,9-11H2,1H3/t12-,13+/m0/s1. The number of hydrogen-bond acceptors (Lipinski definition) is 2. The van der Waals surface area contributed by atoms with Crippen LogP contribution in [0, 0.1) is 11.8 Å². The Balaban J connectivity index is 1.79. The van der Waals surface area contributed by atoms with Gasteiger partial charge in [0, 0.05) is 6.42 Å². The van der Waals surface area contributed by atoms with Gasteiger partial charge in [0.05, 0.1) is 7.11 Å². The number of benzene rings is 1. The fraction of sp³-hybridized carbons (Fsp3) is 0.471. The molecule has 0 aliphatic heterocycles. The van der Waals surface area contributed by atoms with Gasteiger partial charge in [0.1, 0.15) is 5.75 Å². The molecule has 2 aliphatic rings. The Labute approximate surface area is 114 Å². The molecule has 0 aromatic heterocycles. The monoisotopic (exact) mass is 256 g/mol. The molecule has 3 rings (SSSR count). The maximum absolute atomic E-state index is 11.3. The molecule has 0 fully saturated rings. The van der Waals surface area contributed by atoms with E-state index in [0.29, 0.717) is 11.8 Å². The molecule has 0 saturated heterocycles. The van der Waals surface area contributed by atoms with Gasteiger partial charge in [-0.15, -0.1) is 0 Å². The summed E-state index contributed by atoms with van der Waals surface area (Å²) in [5.74, 6) is 2.58. The molecule has 2 heteroatoms. The molecule has 100 valence electrons. The van der Waals surface area contributed by atoms with E-state index in [4.69, 9.17) is 4.74 Å². The summed E-state index contributed by atoms with van der Waals surface area (Å²) in [5.41, 5.74) is 2.82. The van der Waals surface area contributed by atoms with Gasteiger partial charge in [-0.2, -0.15) is 0 Å². The molecule has 0 heterocycles. The maximum atomic E-state index is 11.3. The molecule has 0 unspecified atom stereocenters. The Morgan fingerprint density at radius 2 is 2.11 bits per heavy atom. The van der Waals surface area contributed by atoms with Crippen molar-refractivity contribution in [3.05, 3.63) is 41.5 Å². The molecule has 0 radical (unpaired) electrons. The van der Waals surface area contributed by atoms with Crippen LogP contribution in [0.2, 0.25) is 0 Å². The topological polar surface area (TPSA) is 26.3 Å². The summed E-state index contributed by atoms with van der Waals surface area (Å²) < 4.78 is 5.45. The lowest BCUT2D eigenvalue weighted by Crippen LogP contribution is -2.24. The first-order chi connectivity index (χ1) is 9.28. The van der Waals surface area contributed by atoms with E-state index >= 15 is 0 Å². The second-order valence-electron chi connectivity index (χ2n) is 5.63. The van der Waals surface area contributed by atoms with Gasteiger partial charge < -0.3 is 4.74 Å². The number of ketones is 1. The average molecular weight is 256 g/mol. The Kier molecular flexibility index (Phi) is 3.41. The third-order valence-corrected chi connectivity index (χ3v) is 4.56. The highest BCUT2D eigenvalue weighted by atomic mass is 16.5. The summed E-state index contributed by atoms with van der Waals surface area (Å²) in [6.45, 7) is 0. The average Bonchev–Trinajstić information content (AvgIpc) is 2.47. The number of ether oxygens (including phenoxy) is 1. The second-order valence-corrected chi connectivity index (χ2v) is 5.63. The van der Waals surface area contributed by atoms with Gasteiger partial charge in [0.25, 0.3) is 0 Å². The molecule has 2 aliphatic carbocycles. The number of allylic oxidation sites excluding steroid dienone is 2. The van der Waals surface area contributed by atoms with Crippen molar-refractivity contribution in [1.82, 2.24) is 0 Å². The van der Waals surface area contributed by atoms with Crippen molar-refractivity contribution in [1.29, 1.82) is 0 Å². The number of rotatable bonds is 2. The summed E-state index contributed by atoms with van der Waals surface area (Å²) in [6, 6.07) is 6.36. The molecule has 0 saturated carbocycles. The van der Waals surface area contributed by atoms with Gasteiger partial charge in [-0.05, 0) is 60.8 Å². The smallest absolute Gasteiger partial charge is 0.155 e. The minimum Gasteiger partial charge on any atom is -0.496 e. The number of hydrogen-bond donors (Lipinski definition) is 0. The number of carbonyl (C=O) groups excluding carboxylic acids is 1. The van der Waals surface area contributed by atoms with Crippen LogP contribution in [0.3, 0.4) is 0 Å². The predicted octanol–water partition coefficient (Wildman–Crippen LogP) is 3.34. The summed E-state index contributed by atoms with van der Waals surface area (Å²) in [7, 11) is 1.75. The molecule has 0 amide bonds. The molecule has 1 aromatic rings. The highest BCUT2D eigenvalue weighted by Crippen LogP contribution is 2.37. The minimum absolute atomic E-state index is 0.286. The van der Waals surface area contributed by atoms with E-state index < -0.39 is 0 Å². The van der Waals surface area contributed by atoms with Crippen LogP contribution < -0.4 is 4.74 Å². The van der Waals surface area contributed by atoms with Crippen molar-refractivity contribution >= 4 is 5.78 Å². The van der Waals surface area contributed by atoms with Gasteiger partial charge in [0.2, 0.25) is 0 Å². The molecule has 2 nitrogen and oxygen atoms in total. The van der Waals surface area contributed by atoms with Crippen molar-refractivity contribution in [2.45, 2.75) is 32.1 Å². The third kappa shape index (κ3) is 2.44. The van der Waals surface area contributed by atoms with E-state index in [1.54, 1.807) is 13.2 Å². The first kappa shape index (κ1) is 12.5. The summed E-state index contributed by atoms with van der Waals surface area (Å²) in [6.07, 6.45) is 9.10. The van der Waals surface area contributed by atoms with E-state index in [0.717, 1.165) is 31.4 Å². The minimum atomic E-state index is 0.286. The van der Waals surface area contributed by atoms with Crippen molar-refractivity contribution < 1.29 is 9.53 Å². The molecular weight excluding hydrogens is 236 g/mol. The maximum Gasteiger partial charge on any atom is 0.155 e. The largest absolute Gasteiger partial charge is 0.496 e. The van der Waals surface area contributed by atoms with Crippen LogP contribution in [0.1, 0.15) is 30.4 Å². The third-order valence-electron chi connectivity index (χ3n) is 4.56. The Morgan fingerprint density at radius 3 is 2.84 bits per heavy atom. The lowest BCUT2D eigenvalue weighted by Gasteiger charge is -2.31. The highest BCUT2D eigenvalue weighted by Gasteiger charge is 2.27. The molecule has 1 aromatic carbocycles. The van der Waals surface area contributed by atoms with Crippen LogP contribution in [0.15, 0.2) is 30.4 Å². The zero-order chi connectivity index (χ0) is 13.2. The zero-order valence-corrected chi connectivity index (χ0v) is 11.4. The highest BCUT2D eigenvalue weighted by molar-refractivity contribution is 5.90. The van der Waals surface area contributed by atoms with E-state index in [1.807, 2.05) is 0 Å². The fourth-order valence-electron chi connectivity index (χ4n) is 3.47. The van der Waals surface area contributed by atoms with Gasteiger partial charge in [-0.25, -0.2) is 0 Å². The van der Waals surface area contributed by atoms with Crippen LogP contribution in [0.25, 0.3) is 0 Å². The molecule has 2 atom stereocenters. The van der Waals surface area contributed by atoms with Crippen molar-refractivity contribution in [2.24, 2.45) is 11.8 Å². The van der Waals surface area contributed by atoms with E-state index in [9.17, 15) is 4.79 Å². The SMILES string of the molecule is COc1cccc2c1CC[C@@H]([C@H]1C=CC(=O)CC1)C2. The number of carbonyl (C=O) groups is 1. The van der Waals surface area contributed by atoms with Gasteiger partial charge >= 0.3 is 0 Å². The molecule has 0 spiro atoms. The fourth-order valence-corrected chi connectivity index (χ4v) is 3.47. The number of methoxy groups -OCH3 is 1. The van der Waals surface area contributed by atoms with Crippen LogP contribution in [0.4, 0.5) is 0 Å². The van der Waals surface area contributed by atoms with E-state index in [1.165, 1.54) is 17.5 Å². The van der Waals surface area contributed by atoms with Gasteiger partial charge in [-0.1, -0.05) is 18.2 Å². The second kappa shape index (κ2) is 5.20. The van der Waals surface area contributed by atoms with Crippen LogP contribution in [0.5, 0.6) is 5.75 Å². The first-order valence-electron chi connectivity index (χ1n) is 7.13. The van der Waals surface area contributed by atoms with Crippen molar-refractivity contribution in [3.8, 4) is 5.75 Å². The molecular formula is C17H20O2. The van der Waals surface area contributed by atoms with Gasteiger partial charge in [-0.3, -0.25) is 4.79 Å². The van der Waals surface area contributed by atoms with Crippen molar-refractivity contribution in [2.75, 3.05) is 7.11 Å². The van der Waals surface area contributed by atoms with E-state index in [-0.39, 0.29) is 5.78 Å².